The van der Waals surface area contributed by atoms with Gasteiger partial charge in [0.05, 0.1) is 11.8 Å². The summed E-state index contributed by atoms with van der Waals surface area (Å²) in [6, 6.07) is 12.4. The first-order valence-corrected chi connectivity index (χ1v) is 12.5. The van der Waals surface area contributed by atoms with E-state index in [0.29, 0.717) is 17.0 Å². The fourth-order valence-electron chi connectivity index (χ4n) is 3.71. The molecule has 0 fully saturated rings. The van der Waals surface area contributed by atoms with Gasteiger partial charge in [0.1, 0.15) is 5.82 Å². The van der Waals surface area contributed by atoms with Crippen LogP contribution in [-0.2, 0) is 4.79 Å². The van der Waals surface area contributed by atoms with E-state index in [1.54, 1.807) is 12.1 Å². The summed E-state index contributed by atoms with van der Waals surface area (Å²) in [6.45, 7) is 10.5. The van der Waals surface area contributed by atoms with Crippen molar-refractivity contribution < 1.29 is 9.18 Å². The van der Waals surface area contributed by atoms with Crippen LogP contribution in [0.4, 0.5) is 10.1 Å². The van der Waals surface area contributed by atoms with Gasteiger partial charge in [0.2, 0.25) is 5.91 Å². The minimum Gasteiger partial charge on any atom is -0.325 e. The van der Waals surface area contributed by atoms with Crippen molar-refractivity contribution in [3.8, 4) is 5.69 Å². The van der Waals surface area contributed by atoms with Crippen molar-refractivity contribution in [2.45, 2.75) is 57.7 Å². The van der Waals surface area contributed by atoms with E-state index in [1.807, 2.05) is 36.6 Å². The normalized spacial score (nSPS) is 12.6. The Morgan fingerprint density at radius 1 is 1.00 bits per heavy atom. The van der Waals surface area contributed by atoms with Crippen molar-refractivity contribution in [3.05, 3.63) is 65.2 Å². The van der Waals surface area contributed by atoms with Crippen LogP contribution in [0.5, 0.6) is 0 Å². The molecule has 1 amide bonds. The lowest BCUT2D eigenvalue weighted by Crippen LogP contribution is -2.21. The lowest BCUT2D eigenvalue weighted by atomic mass is 9.92. The SMILES string of the molecule is CC(C)c1cccc(C(C)C)c1NC(=O)CSc1nnc([C@@H](C)N(C)C)n1-c1ccc(F)cc1. The van der Waals surface area contributed by atoms with Gasteiger partial charge in [-0.1, -0.05) is 57.7 Å². The third-order valence-corrected chi connectivity index (χ3v) is 6.79. The number of halogens is 1. The number of para-hydroxylation sites is 1. The van der Waals surface area contributed by atoms with Crippen LogP contribution in [0.15, 0.2) is 47.6 Å². The van der Waals surface area contributed by atoms with Gasteiger partial charge in [-0.3, -0.25) is 14.3 Å². The van der Waals surface area contributed by atoms with Crippen LogP contribution < -0.4 is 5.32 Å². The van der Waals surface area contributed by atoms with Crippen molar-refractivity contribution in [1.82, 2.24) is 19.7 Å². The van der Waals surface area contributed by atoms with Gasteiger partial charge in [-0.15, -0.1) is 10.2 Å². The van der Waals surface area contributed by atoms with E-state index in [2.05, 4.69) is 55.3 Å². The van der Waals surface area contributed by atoms with Crippen LogP contribution in [0.25, 0.3) is 5.69 Å². The third kappa shape index (κ3) is 5.85. The molecule has 3 aromatic rings. The minimum atomic E-state index is -0.308. The molecule has 6 nitrogen and oxygen atoms in total. The van der Waals surface area contributed by atoms with Crippen LogP contribution in [0, 0.1) is 5.82 Å². The van der Waals surface area contributed by atoms with E-state index in [0.717, 1.165) is 28.3 Å². The van der Waals surface area contributed by atoms with Crippen molar-refractivity contribution in [3.63, 3.8) is 0 Å². The molecular formula is C26H34FN5OS. The lowest BCUT2D eigenvalue weighted by molar-refractivity contribution is -0.113. The van der Waals surface area contributed by atoms with Crippen LogP contribution in [-0.4, -0.2) is 45.4 Å². The second-order valence-electron chi connectivity index (χ2n) is 9.25. The zero-order valence-electron chi connectivity index (χ0n) is 21.0. The molecule has 0 aliphatic heterocycles. The standard InChI is InChI=1S/C26H34FN5OS/c1-16(2)21-9-8-10-22(17(3)4)24(21)28-23(33)15-34-26-30-29-25(18(5)31(6)7)32(26)20-13-11-19(27)12-14-20/h8-14,16-18H,15H2,1-7H3,(H,28,33)/t18-/m1/s1. The average molecular weight is 484 g/mol. The first-order valence-electron chi connectivity index (χ1n) is 11.5. The Balaban J connectivity index is 1.86. The van der Waals surface area contributed by atoms with E-state index in [9.17, 15) is 9.18 Å². The van der Waals surface area contributed by atoms with Crippen LogP contribution in [0.2, 0.25) is 0 Å². The molecule has 0 aliphatic rings. The molecule has 1 atom stereocenters. The molecule has 1 heterocycles. The predicted octanol–water partition coefficient (Wildman–Crippen LogP) is 6.01. The molecule has 1 N–H and O–H groups in total. The van der Waals surface area contributed by atoms with Crippen LogP contribution in [0.1, 0.15) is 69.4 Å². The van der Waals surface area contributed by atoms with E-state index in [1.165, 1.54) is 23.9 Å². The van der Waals surface area contributed by atoms with Crippen molar-refractivity contribution >= 4 is 23.4 Å². The number of amides is 1. The number of rotatable bonds is 9. The Hall–Kier alpha value is -2.71. The summed E-state index contributed by atoms with van der Waals surface area (Å²) in [5.41, 5.74) is 3.91. The first kappa shape index (κ1) is 25.9. The molecule has 2 aromatic carbocycles. The maximum absolute atomic E-state index is 13.5. The highest BCUT2D eigenvalue weighted by Gasteiger charge is 2.22. The summed E-state index contributed by atoms with van der Waals surface area (Å²) < 4.78 is 15.4. The van der Waals surface area contributed by atoms with Gasteiger partial charge in [-0.05, 0) is 68.2 Å². The number of carbonyl (C=O) groups is 1. The van der Waals surface area contributed by atoms with Gasteiger partial charge in [0.25, 0.3) is 0 Å². The molecule has 0 aliphatic carbocycles. The van der Waals surface area contributed by atoms with Gasteiger partial charge in [-0.2, -0.15) is 0 Å². The smallest absolute Gasteiger partial charge is 0.234 e. The number of benzene rings is 2. The molecular weight excluding hydrogens is 449 g/mol. The van der Waals surface area contributed by atoms with Crippen molar-refractivity contribution in [1.29, 1.82) is 0 Å². The summed E-state index contributed by atoms with van der Waals surface area (Å²) in [5, 5.41) is 12.5. The fraction of sp³-hybridized carbons (Fsp3) is 0.423. The number of carbonyl (C=O) groups excluding carboxylic acids is 1. The molecule has 182 valence electrons. The highest BCUT2D eigenvalue weighted by Crippen LogP contribution is 2.33. The van der Waals surface area contributed by atoms with Gasteiger partial charge in [0, 0.05) is 11.4 Å². The van der Waals surface area contributed by atoms with E-state index < -0.39 is 0 Å². The maximum atomic E-state index is 13.5. The Bertz CT molecular complexity index is 1100. The monoisotopic (exact) mass is 483 g/mol. The number of nitrogens with one attached hydrogen (secondary N) is 1. The number of nitrogens with zero attached hydrogens (tertiary/aromatic N) is 4. The Labute approximate surface area is 206 Å². The largest absolute Gasteiger partial charge is 0.325 e. The van der Waals surface area contributed by atoms with Gasteiger partial charge >= 0.3 is 0 Å². The first-order chi connectivity index (χ1) is 16.1. The molecule has 0 saturated carbocycles. The van der Waals surface area contributed by atoms with Gasteiger partial charge in [-0.25, -0.2) is 4.39 Å². The topological polar surface area (TPSA) is 63.1 Å². The lowest BCUT2D eigenvalue weighted by Gasteiger charge is -2.21. The van der Waals surface area contributed by atoms with Crippen LogP contribution >= 0.6 is 11.8 Å². The minimum absolute atomic E-state index is 0.0211. The molecule has 8 heteroatoms. The molecule has 0 saturated heterocycles. The highest BCUT2D eigenvalue weighted by molar-refractivity contribution is 7.99. The van der Waals surface area contributed by atoms with E-state index >= 15 is 0 Å². The molecule has 1 aromatic heterocycles. The second-order valence-corrected chi connectivity index (χ2v) is 10.2. The summed E-state index contributed by atoms with van der Waals surface area (Å²) in [6.07, 6.45) is 0. The van der Waals surface area contributed by atoms with Crippen LogP contribution in [0.3, 0.4) is 0 Å². The zero-order chi connectivity index (χ0) is 25.0. The Morgan fingerprint density at radius 3 is 2.12 bits per heavy atom. The quantitative estimate of drug-likeness (QED) is 0.378. The summed E-state index contributed by atoms with van der Waals surface area (Å²) in [7, 11) is 3.93. The summed E-state index contributed by atoms with van der Waals surface area (Å²) in [4.78, 5) is 15.1. The Morgan fingerprint density at radius 2 is 1.59 bits per heavy atom. The highest BCUT2D eigenvalue weighted by atomic mass is 32.2. The molecule has 3 rings (SSSR count). The van der Waals surface area contributed by atoms with Crippen molar-refractivity contribution in [2.75, 3.05) is 25.2 Å². The molecule has 0 bridgehead atoms. The second kappa shape index (κ2) is 11.1. The van der Waals surface area contributed by atoms with Gasteiger partial charge in [0.15, 0.2) is 11.0 Å². The molecule has 0 spiro atoms. The fourth-order valence-corrected chi connectivity index (χ4v) is 4.47. The third-order valence-electron chi connectivity index (χ3n) is 5.86. The van der Waals surface area contributed by atoms with Gasteiger partial charge < -0.3 is 5.32 Å². The zero-order valence-corrected chi connectivity index (χ0v) is 21.8. The number of anilines is 1. The Kier molecular flexibility index (Phi) is 8.49. The number of hydrogen-bond donors (Lipinski definition) is 1. The maximum Gasteiger partial charge on any atom is 0.234 e. The van der Waals surface area contributed by atoms with E-state index in [4.69, 9.17) is 0 Å². The van der Waals surface area contributed by atoms with E-state index in [-0.39, 0.29) is 23.5 Å². The molecule has 0 radical (unpaired) electrons. The predicted molar refractivity (Wildman–Crippen MR) is 137 cm³/mol. The van der Waals surface area contributed by atoms with Crippen molar-refractivity contribution in [2.24, 2.45) is 0 Å². The average Bonchev–Trinajstić information content (AvgIpc) is 3.21. The number of aromatic nitrogens is 3. The molecule has 0 unspecified atom stereocenters. The summed E-state index contributed by atoms with van der Waals surface area (Å²) >= 11 is 1.32. The number of thioether (sulfide) groups is 1. The summed E-state index contributed by atoms with van der Waals surface area (Å²) in [5.74, 6) is 1.08. The number of hydrogen-bond acceptors (Lipinski definition) is 5. The molecule has 34 heavy (non-hydrogen) atoms.